The second-order valence-electron chi connectivity index (χ2n) is 5.30. The number of aromatic hydroxyl groups is 2. The van der Waals surface area contributed by atoms with Crippen LogP contribution in [0.3, 0.4) is 0 Å². The average molecular weight is 314 g/mol. The number of Topliss-reactive ketones (excluding diaryl/α,β-unsaturated/α-hetero) is 1. The van der Waals surface area contributed by atoms with Gasteiger partial charge in [0, 0.05) is 12.3 Å². The molecule has 1 atom stereocenters. The lowest BCUT2D eigenvalue weighted by molar-refractivity contribution is -0.146. The third-order valence-electron chi connectivity index (χ3n) is 3.80. The van der Waals surface area contributed by atoms with Crippen molar-refractivity contribution in [2.75, 3.05) is 0 Å². The predicted octanol–water partition coefficient (Wildman–Crippen LogP) is 2.91. The van der Waals surface area contributed by atoms with Crippen molar-refractivity contribution >= 4 is 11.8 Å². The third-order valence-corrected chi connectivity index (χ3v) is 3.80. The molecule has 0 saturated heterocycles. The Kier molecular flexibility index (Phi) is 5.01. The van der Waals surface area contributed by atoms with Gasteiger partial charge in [-0.1, -0.05) is 31.2 Å². The van der Waals surface area contributed by atoms with E-state index in [2.05, 4.69) is 0 Å². The van der Waals surface area contributed by atoms with Crippen LogP contribution in [0.1, 0.15) is 30.4 Å². The smallest absolute Gasteiger partial charge is 0.315 e. The van der Waals surface area contributed by atoms with Crippen molar-refractivity contribution in [3.05, 3.63) is 59.7 Å². The minimum atomic E-state index is -1.23. The predicted molar refractivity (Wildman–Crippen MR) is 84.5 cm³/mol. The number of carbonyl (C=O) groups is 2. The summed E-state index contributed by atoms with van der Waals surface area (Å²) in [4.78, 5) is 23.9. The van der Waals surface area contributed by atoms with Crippen molar-refractivity contribution in [3.63, 3.8) is 0 Å². The monoisotopic (exact) mass is 314 g/mol. The quantitative estimate of drug-likeness (QED) is 0.713. The Morgan fingerprint density at radius 2 is 1.26 bits per heavy atom. The Hall–Kier alpha value is -2.82. The standard InChI is InChI=1S/C18H18O5/c1-2-15(21)17(18(22)23)16(11-3-7-13(19)8-4-11)12-5-9-14(20)10-6-12/h3-10,16-17,19-20H,2H2,1H3,(H,22,23). The molecule has 0 heterocycles. The molecular weight excluding hydrogens is 296 g/mol. The molecular formula is C18H18O5. The molecule has 0 fully saturated rings. The van der Waals surface area contributed by atoms with Gasteiger partial charge in [-0.3, -0.25) is 9.59 Å². The first kappa shape index (κ1) is 16.5. The van der Waals surface area contributed by atoms with Crippen molar-refractivity contribution in [1.29, 1.82) is 0 Å². The molecule has 5 nitrogen and oxygen atoms in total. The number of carboxylic acid groups (broad SMARTS) is 1. The summed E-state index contributed by atoms with van der Waals surface area (Å²) in [5.41, 5.74) is 1.23. The van der Waals surface area contributed by atoms with Gasteiger partial charge in [0.2, 0.25) is 0 Å². The molecule has 0 bridgehead atoms. The molecule has 5 heteroatoms. The van der Waals surface area contributed by atoms with Crippen molar-refractivity contribution in [2.24, 2.45) is 5.92 Å². The number of carboxylic acids is 1. The van der Waals surface area contributed by atoms with Crippen LogP contribution < -0.4 is 0 Å². The molecule has 0 aliphatic heterocycles. The molecule has 0 aliphatic carbocycles. The fourth-order valence-corrected chi connectivity index (χ4v) is 2.63. The first-order valence-electron chi connectivity index (χ1n) is 7.27. The van der Waals surface area contributed by atoms with E-state index >= 15 is 0 Å². The molecule has 0 aliphatic rings. The van der Waals surface area contributed by atoms with E-state index < -0.39 is 17.8 Å². The lowest BCUT2D eigenvalue weighted by atomic mass is 9.78. The number of aliphatic carboxylic acids is 1. The first-order chi connectivity index (χ1) is 10.9. The van der Waals surface area contributed by atoms with Crippen LogP contribution >= 0.6 is 0 Å². The second-order valence-corrected chi connectivity index (χ2v) is 5.30. The Morgan fingerprint density at radius 3 is 1.57 bits per heavy atom. The van der Waals surface area contributed by atoms with Gasteiger partial charge in [0.25, 0.3) is 0 Å². The molecule has 120 valence electrons. The Labute approximate surface area is 133 Å². The molecule has 2 rings (SSSR count). The molecule has 0 amide bonds. The van der Waals surface area contributed by atoms with E-state index in [1.54, 1.807) is 31.2 Å². The molecule has 3 N–H and O–H groups in total. The molecule has 0 saturated carbocycles. The second kappa shape index (κ2) is 6.96. The van der Waals surface area contributed by atoms with Crippen LogP contribution in [0.5, 0.6) is 11.5 Å². The lowest BCUT2D eigenvalue weighted by Crippen LogP contribution is -2.30. The molecule has 0 radical (unpaired) electrons. The van der Waals surface area contributed by atoms with Gasteiger partial charge in [0.05, 0.1) is 0 Å². The number of benzene rings is 2. The van der Waals surface area contributed by atoms with Gasteiger partial charge in [0.1, 0.15) is 23.2 Å². The van der Waals surface area contributed by atoms with Crippen molar-refractivity contribution in [1.82, 2.24) is 0 Å². The summed E-state index contributed by atoms with van der Waals surface area (Å²) in [7, 11) is 0. The minimum absolute atomic E-state index is 0.0619. The number of rotatable bonds is 6. The Balaban J connectivity index is 2.58. The third kappa shape index (κ3) is 3.69. The maximum Gasteiger partial charge on any atom is 0.315 e. The zero-order valence-electron chi connectivity index (χ0n) is 12.6. The van der Waals surface area contributed by atoms with Crippen molar-refractivity contribution in [3.8, 4) is 11.5 Å². The maximum atomic E-state index is 12.2. The Morgan fingerprint density at radius 1 is 0.870 bits per heavy atom. The van der Waals surface area contributed by atoms with Gasteiger partial charge < -0.3 is 15.3 Å². The average Bonchev–Trinajstić information content (AvgIpc) is 2.53. The zero-order chi connectivity index (χ0) is 17.0. The fraction of sp³-hybridized carbons (Fsp3) is 0.222. The summed E-state index contributed by atoms with van der Waals surface area (Å²) in [5.74, 6) is -3.36. The molecule has 23 heavy (non-hydrogen) atoms. The van der Waals surface area contributed by atoms with Crippen LogP contribution in [-0.2, 0) is 9.59 Å². The van der Waals surface area contributed by atoms with Gasteiger partial charge in [-0.05, 0) is 35.4 Å². The summed E-state index contributed by atoms with van der Waals surface area (Å²) in [6, 6.07) is 12.2. The SMILES string of the molecule is CCC(=O)C(C(=O)O)C(c1ccc(O)cc1)c1ccc(O)cc1. The maximum absolute atomic E-state index is 12.2. The molecule has 1 unspecified atom stereocenters. The first-order valence-corrected chi connectivity index (χ1v) is 7.27. The van der Waals surface area contributed by atoms with E-state index in [4.69, 9.17) is 0 Å². The normalized spacial score (nSPS) is 12.1. The zero-order valence-corrected chi connectivity index (χ0v) is 12.6. The number of phenols is 2. The van der Waals surface area contributed by atoms with Crippen molar-refractivity contribution in [2.45, 2.75) is 19.3 Å². The number of ketones is 1. The number of phenolic OH excluding ortho intramolecular Hbond substituents is 2. The summed E-state index contributed by atoms with van der Waals surface area (Å²) < 4.78 is 0. The lowest BCUT2D eigenvalue weighted by Gasteiger charge is -2.24. The van der Waals surface area contributed by atoms with Gasteiger partial charge in [-0.2, -0.15) is 0 Å². The molecule has 2 aromatic carbocycles. The number of carbonyl (C=O) groups excluding carboxylic acids is 1. The highest BCUT2D eigenvalue weighted by atomic mass is 16.4. The highest BCUT2D eigenvalue weighted by Crippen LogP contribution is 2.35. The molecule has 0 aromatic heterocycles. The van der Waals surface area contributed by atoms with E-state index in [0.29, 0.717) is 11.1 Å². The van der Waals surface area contributed by atoms with Gasteiger partial charge in [-0.25, -0.2) is 0 Å². The summed E-state index contributed by atoms with van der Waals surface area (Å²) in [6.07, 6.45) is 0.115. The van der Waals surface area contributed by atoms with Crippen LogP contribution in [-0.4, -0.2) is 27.1 Å². The molecule has 2 aromatic rings. The van der Waals surface area contributed by atoms with Gasteiger partial charge in [-0.15, -0.1) is 0 Å². The van der Waals surface area contributed by atoms with Crippen LogP contribution in [0.25, 0.3) is 0 Å². The highest BCUT2D eigenvalue weighted by Gasteiger charge is 2.35. The van der Waals surface area contributed by atoms with E-state index in [9.17, 15) is 24.9 Å². The summed E-state index contributed by atoms with van der Waals surface area (Å²) >= 11 is 0. The van der Waals surface area contributed by atoms with E-state index in [-0.39, 0.29) is 23.7 Å². The number of hydrogen-bond donors (Lipinski definition) is 3. The van der Waals surface area contributed by atoms with Crippen LogP contribution in [0, 0.1) is 5.92 Å². The fourth-order valence-electron chi connectivity index (χ4n) is 2.63. The van der Waals surface area contributed by atoms with E-state index in [0.717, 1.165) is 0 Å². The topological polar surface area (TPSA) is 94.8 Å². The van der Waals surface area contributed by atoms with Crippen LogP contribution in [0.4, 0.5) is 0 Å². The highest BCUT2D eigenvalue weighted by molar-refractivity contribution is 5.99. The minimum Gasteiger partial charge on any atom is -0.508 e. The van der Waals surface area contributed by atoms with Crippen LogP contribution in [0.15, 0.2) is 48.5 Å². The van der Waals surface area contributed by atoms with Gasteiger partial charge in [0.15, 0.2) is 0 Å². The summed E-state index contributed by atoms with van der Waals surface area (Å²) in [5, 5.41) is 28.4. The Bertz CT molecular complexity index is 643. The summed E-state index contributed by atoms with van der Waals surface area (Å²) in [6.45, 7) is 1.63. The van der Waals surface area contributed by atoms with Gasteiger partial charge >= 0.3 is 5.97 Å². The van der Waals surface area contributed by atoms with Crippen molar-refractivity contribution < 1.29 is 24.9 Å². The van der Waals surface area contributed by atoms with E-state index in [1.807, 2.05) is 0 Å². The largest absolute Gasteiger partial charge is 0.508 e. The number of hydrogen-bond acceptors (Lipinski definition) is 4. The van der Waals surface area contributed by atoms with Crippen LogP contribution in [0.2, 0.25) is 0 Å². The molecule has 0 spiro atoms. The van der Waals surface area contributed by atoms with E-state index in [1.165, 1.54) is 24.3 Å².